The second-order valence-electron chi connectivity index (χ2n) is 6.41. The normalized spacial score (nSPS) is 23.5. The van der Waals surface area contributed by atoms with Crippen molar-refractivity contribution in [3.63, 3.8) is 0 Å². The predicted octanol–water partition coefficient (Wildman–Crippen LogP) is 2.09. The van der Waals surface area contributed by atoms with Crippen molar-refractivity contribution in [3.05, 3.63) is 24.3 Å². The first kappa shape index (κ1) is 14.0. The molecule has 2 saturated heterocycles. The van der Waals surface area contributed by atoms with Crippen LogP contribution in [0.3, 0.4) is 0 Å². The number of aromatic nitrogens is 1. The lowest BCUT2D eigenvalue weighted by atomic mass is 10.1. The van der Waals surface area contributed by atoms with E-state index in [0.717, 1.165) is 49.0 Å². The van der Waals surface area contributed by atoms with Crippen LogP contribution in [0.15, 0.2) is 28.8 Å². The summed E-state index contributed by atoms with van der Waals surface area (Å²) in [6, 6.07) is 8.87. The van der Waals surface area contributed by atoms with E-state index in [4.69, 9.17) is 4.52 Å². The Balaban J connectivity index is 1.33. The molecule has 1 aromatic heterocycles. The summed E-state index contributed by atoms with van der Waals surface area (Å²) in [5, 5.41) is 8.99. The largest absolute Gasteiger partial charge is 0.354 e. The van der Waals surface area contributed by atoms with Gasteiger partial charge in [0.25, 0.3) is 0 Å². The molecule has 0 radical (unpaired) electrons. The number of hydrogen-bond donors (Lipinski definition) is 1. The third-order valence-electron chi connectivity index (χ3n) is 4.99. The second kappa shape index (κ2) is 6.26. The minimum atomic E-state index is 0.748. The van der Waals surface area contributed by atoms with Crippen LogP contribution in [0.25, 0.3) is 11.0 Å². The fourth-order valence-corrected chi connectivity index (χ4v) is 3.63. The molecule has 118 valence electrons. The average Bonchev–Trinajstić information content (AvgIpc) is 3.23. The molecule has 0 unspecified atom stereocenters. The van der Waals surface area contributed by atoms with Crippen LogP contribution in [0.1, 0.15) is 19.3 Å². The number of nitrogens with zero attached hydrogens (tertiary/aromatic N) is 3. The zero-order valence-electron chi connectivity index (χ0n) is 13.0. The first-order chi connectivity index (χ1) is 10.9. The molecule has 1 aromatic carbocycles. The van der Waals surface area contributed by atoms with Gasteiger partial charge in [-0.3, -0.25) is 4.90 Å². The van der Waals surface area contributed by atoms with Gasteiger partial charge >= 0.3 is 0 Å². The number of anilines is 1. The van der Waals surface area contributed by atoms with Crippen LogP contribution in [-0.4, -0.2) is 55.4 Å². The lowest BCUT2D eigenvalue weighted by molar-refractivity contribution is 0.244. The molecule has 4 rings (SSSR count). The van der Waals surface area contributed by atoms with Crippen molar-refractivity contribution in [2.75, 3.05) is 44.2 Å². The Morgan fingerprint density at radius 1 is 1.18 bits per heavy atom. The zero-order valence-corrected chi connectivity index (χ0v) is 13.0. The Kier molecular flexibility index (Phi) is 3.99. The molecule has 2 aliphatic heterocycles. The van der Waals surface area contributed by atoms with Crippen molar-refractivity contribution < 1.29 is 4.52 Å². The maximum absolute atomic E-state index is 5.43. The molecule has 0 aliphatic carbocycles. The summed E-state index contributed by atoms with van der Waals surface area (Å²) in [7, 11) is 0. The summed E-state index contributed by atoms with van der Waals surface area (Å²) in [5.74, 6) is 1.01. The Labute approximate surface area is 131 Å². The smallest absolute Gasteiger partial charge is 0.180 e. The maximum Gasteiger partial charge on any atom is 0.180 e. The number of hydrogen-bond acceptors (Lipinski definition) is 5. The lowest BCUT2D eigenvalue weighted by Crippen LogP contribution is -2.47. The molecule has 5 heteroatoms. The number of piperazine rings is 1. The number of benzene rings is 1. The Morgan fingerprint density at radius 3 is 2.86 bits per heavy atom. The molecule has 2 fully saturated rings. The highest BCUT2D eigenvalue weighted by molar-refractivity contribution is 5.88. The van der Waals surface area contributed by atoms with Gasteiger partial charge in [0, 0.05) is 32.2 Å². The van der Waals surface area contributed by atoms with E-state index < -0.39 is 0 Å². The van der Waals surface area contributed by atoms with Crippen molar-refractivity contribution in [2.45, 2.75) is 25.3 Å². The summed E-state index contributed by atoms with van der Waals surface area (Å²) >= 11 is 0. The SMILES string of the molecule is c1ccc2c(N3CCN(CC[C@@H]4CCCN4)CC3)noc2c1. The standard InChI is InChI=1S/C17H24N4O/c1-2-6-16-15(5-1)17(19-22-16)21-12-10-20(11-13-21)9-7-14-4-3-8-18-14/h1-2,5-6,14,18H,3-4,7-13H2/t14-/m0/s1. The quantitative estimate of drug-likeness (QED) is 0.937. The van der Waals surface area contributed by atoms with E-state index in [2.05, 4.69) is 26.3 Å². The van der Waals surface area contributed by atoms with Gasteiger partial charge in [0.15, 0.2) is 11.4 Å². The van der Waals surface area contributed by atoms with E-state index in [1.165, 1.54) is 32.4 Å². The van der Waals surface area contributed by atoms with Gasteiger partial charge in [-0.25, -0.2) is 0 Å². The molecule has 2 aromatic rings. The molecule has 1 atom stereocenters. The van der Waals surface area contributed by atoms with Crippen molar-refractivity contribution in [1.29, 1.82) is 0 Å². The number of fused-ring (bicyclic) bond motifs is 1. The fraction of sp³-hybridized carbons (Fsp3) is 0.588. The maximum atomic E-state index is 5.43. The third-order valence-corrected chi connectivity index (χ3v) is 4.99. The average molecular weight is 300 g/mol. The minimum Gasteiger partial charge on any atom is -0.354 e. The number of nitrogens with one attached hydrogen (secondary N) is 1. The molecule has 0 spiro atoms. The van der Waals surface area contributed by atoms with Crippen LogP contribution in [0.4, 0.5) is 5.82 Å². The van der Waals surface area contributed by atoms with Crippen LogP contribution < -0.4 is 10.2 Å². The first-order valence-corrected chi connectivity index (χ1v) is 8.45. The van der Waals surface area contributed by atoms with E-state index in [0.29, 0.717) is 0 Å². The monoisotopic (exact) mass is 300 g/mol. The van der Waals surface area contributed by atoms with Gasteiger partial charge < -0.3 is 14.7 Å². The summed E-state index contributed by atoms with van der Waals surface area (Å²) < 4.78 is 5.43. The molecular weight excluding hydrogens is 276 g/mol. The van der Waals surface area contributed by atoms with E-state index in [-0.39, 0.29) is 0 Å². The molecule has 0 bridgehead atoms. The Morgan fingerprint density at radius 2 is 2.05 bits per heavy atom. The fourth-order valence-electron chi connectivity index (χ4n) is 3.63. The molecule has 5 nitrogen and oxygen atoms in total. The van der Waals surface area contributed by atoms with Crippen molar-refractivity contribution in [3.8, 4) is 0 Å². The summed E-state index contributed by atoms with van der Waals surface area (Å²) in [4.78, 5) is 4.94. The number of rotatable bonds is 4. The molecule has 2 aliphatic rings. The zero-order chi connectivity index (χ0) is 14.8. The highest BCUT2D eigenvalue weighted by atomic mass is 16.5. The Bertz CT molecular complexity index is 612. The van der Waals surface area contributed by atoms with Gasteiger partial charge in [-0.15, -0.1) is 0 Å². The van der Waals surface area contributed by atoms with Crippen LogP contribution in [0.2, 0.25) is 0 Å². The van der Waals surface area contributed by atoms with Gasteiger partial charge in [-0.2, -0.15) is 0 Å². The minimum absolute atomic E-state index is 0.748. The highest BCUT2D eigenvalue weighted by Crippen LogP contribution is 2.26. The van der Waals surface area contributed by atoms with E-state index in [9.17, 15) is 0 Å². The van der Waals surface area contributed by atoms with Crippen molar-refractivity contribution >= 4 is 16.8 Å². The third kappa shape index (κ3) is 2.83. The van der Waals surface area contributed by atoms with E-state index >= 15 is 0 Å². The van der Waals surface area contributed by atoms with Crippen LogP contribution >= 0.6 is 0 Å². The lowest BCUT2D eigenvalue weighted by Gasteiger charge is -2.35. The van der Waals surface area contributed by atoms with Crippen molar-refractivity contribution in [2.24, 2.45) is 0 Å². The topological polar surface area (TPSA) is 44.5 Å². The molecule has 1 N–H and O–H groups in total. The van der Waals surface area contributed by atoms with Gasteiger partial charge in [-0.05, 0) is 44.5 Å². The highest BCUT2D eigenvalue weighted by Gasteiger charge is 2.22. The summed E-state index contributed by atoms with van der Waals surface area (Å²) in [5.41, 5.74) is 0.882. The molecular formula is C17H24N4O. The van der Waals surface area contributed by atoms with Gasteiger partial charge in [-0.1, -0.05) is 17.3 Å². The van der Waals surface area contributed by atoms with E-state index in [1.807, 2.05) is 18.2 Å². The Hall–Kier alpha value is -1.59. The second-order valence-corrected chi connectivity index (χ2v) is 6.41. The van der Waals surface area contributed by atoms with Gasteiger partial charge in [0.2, 0.25) is 0 Å². The van der Waals surface area contributed by atoms with E-state index in [1.54, 1.807) is 0 Å². The first-order valence-electron chi connectivity index (χ1n) is 8.45. The number of para-hydroxylation sites is 1. The molecule has 0 amide bonds. The van der Waals surface area contributed by atoms with Crippen LogP contribution in [0, 0.1) is 0 Å². The molecule has 3 heterocycles. The summed E-state index contributed by atoms with van der Waals surface area (Å²) in [6.07, 6.45) is 3.98. The van der Waals surface area contributed by atoms with Crippen molar-refractivity contribution in [1.82, 2.24) is 15.4 Å². The summed E-state index contributed by atoms with van der Waals surface area (Å²) in [6.45, 7) is 6.73. The molecule has 22 heavy (non-hydrogen) atoms. The van der Waals surface area contributed by atoms with Gasteiger partial charge in [0.05, 0.1) is 5.39 Å². The van der Waals surface area contributed by atoms with Gasteiger partial charge in [0.1, 0.15) is 0 Å². The van der Waals surface area contributed by atoms with Crippen LogP contribution in [-0.2, 0) is 0 Å². The molecule has 0 saturated carbocycles. The van der Waals surface area contributed by atoms with Crippen LogP contribution in [0.5, 0.6) is 0 Å². The predicted molar refractivity (Wildman–Crippen MR) is 88.3 cm³/mol.